The van der Waals surface area contributed by atoms with Crippen molar-refractivity contribution >= 4 is 56.9 Å². The van der Waals surface area contributed by atoms with Crippen molar-refractivity contribution in [3.63, 3.8) is 0 Å². The lowest BCUT2D eigenvalue weighted by Crippen LogP contribution is -2.15. The Hall–Kier alpha value is -2.56. The fraction of sp³-hybridized carbons (Fsp3) is 0.200. The average Bonchev–Trinajstić information content (AvgIpc) is 3.10. The summed E-state index contributed by atoms with van der Waals surface area (Å²) in [6.45, 7) is 1.92. The number of carbonyl (C=O) groups excluding carboxylic acids is 2. The Morgan fingerprint density at radius 2 is 2.03 bits per heavy atom. The molecule has 0 aliphatic carbocycles. The molecule has 1 heterocycles. The average molecular weight is 526 g/mol. The minimum atomic E-state index is -0.555. The van der Waals surface area contributed by atoms with Gasteiger partial charge in [-0.05, 0) is 43.3 Å². The number of aromatic nitrogens is 3. The van der Waals surface area contributed by atoms with Gasteiger partial charge in [0.15, 0.2) is 11.0 Å². The number of hydrogen-bond acceptors (Lipinski definition) is 7. The number of esters is 1. The minimum absolute atomic E-state index is 0.0633. The summed E-state index contributed by atoms with van der Waals surface area (Å²) >= 11 is 10.6. The molecule has 0 atom stereocenters. The number of thioether (sulfide) groups is 1. The van der Waals surface area contributed by atoms with Crippen molar-refractivity contribution in [1.29, 1.82) is 0 Å². The summed E-state index contributed by atoms with van der Waals surface area (Å²) in [4.78, 5) is 24.3. The number of rotatable bonds is 7. The van der Waals surface area contributed by atoms with Gasteiger partial charge in [0.25, 0.3) is 0 Å². The van der Waals surface area contributed by atoms with E-state index in [4.69, 9.17) is 16.3 Å². The van der Waals surface area contributed by atoms with Crippen LogP contribution in [0.1, 0.15) is 17.3 Å². The molecule has 1 aromatic heterocycles. The maximum atomic E-state index is 12.4. The third-order valence-electron chi connectivity index (χ3n) is 4.11. The van der Waals surface area contributed by atoms with E-state index in [0.29, 0.717) is 22.2 Å². The van der Waals surface area contributed by atoms with Gasteiger partial charge in [-0.25, -0.2) is 4.79 Å². The number of halogens is 2. The lowest BCUT2D eigenvalue weighted by atomic mass is 10.2. The summed E-state index contributed by atoms with van der Waals surface area (Å²) < 4.78 is 7.45. The second kappa shape index (κ2) is 10.2. The lowest BCUT2D eigenvalue weighted by Gasteiger charge is -2.09. The van der Waals surface area contributed by atoms with Gasteiger partial charge in [0.2, 0.25) is 5.91 Å². The van der Waals surface area contributed by atoms with Crippen molar-refractivity contribution in [2.75, 3.05) is 17.7 Å². The van der Waals surface area contributed by atoms with Crippen molar-refractivity contribution in [1.82, 2.24) is 14.8 Å². The van der Waals surface area contributed by atoms with Gasteiger partial charge in [-0.3, -0.25) is 4.79 Å². The first kappa shape index (κ1) is 23.1. The third-order valence-corrected chi connectivity index (χ3v) is 5.96. The fourth-order valence-electron chi connectivity index (χ4n) is 2.66. The Morgan fingerprint density at radius 3 is 2.77 bits per heavy atom. The monoisotopic (exact) mass is 524 g/mol. The van der Waals surface area contributed by atoms with E-state index in [-0.39, 0.29) is 34.6 Å². The van der Waals surface area contributed by atoms with Crippen LogP contribution >= 0.6 is 39.3 Å². The zero-order chi connectivity index (χ0) is 22.5. The first-order chi connectivity index (χ1) is 14.8. The molecule has 0 aliphatic rings. The molecule has 0 bridgehead atoms. The van der Waals surface area contributed by atoms with Gasteiger partial charge in [-0.15, -0.1) is 10.2 Å². The molecule has 3 aromatic rings. The Balaban J connectivity index is 1.67. The molecule has 0 aliphatic heterocycles. The van der Waals surface area contributed by atoms with E-state index in [2.05, 4.69) is 31.4 Å². The molecular weight excluding hydrogens is 508 g/mol. The fourth-order valence-corrected chi connectivity index (χ4v) is 3.92. The van der Waals surface area contributed by atoms with Crippen LogP contribution in [-0.2, 0) is 16.6 Å². The van der Waals surface area contributed by atoms with Crippen LogP contribution in [0.15, 0.2) is 46.0 Å². The van der Waals surface area contributed by atoms with E-state index in [0.717, 1.165) is 4.47 Å². The molecule has 0 saturated carbocycles. The van der Waals surface area contributed by atoms with Crippen LogP contribution < -0.4 is 5.32 Å². The SMILES string of the molecule is CCOC(=O)c1cc(NC(=O)CSc2nnc(-c3cc(Br)ccc3O)n2C)ccc1Cl. The lowest BCUT2D eigenvalue weighted by molar-refractivity contribution is -0.113. The van der Waals surface area contributed by atoms with Gasteiger partial charge in [-0.2, -0.15) is 0 Å². The second-order valence-electron chi connectivity index (χ2n) is 6.28. The summed E-state index contributed by atoms with van der Waals surface area (Å²) in [6.07, 6.45) is 0. The van der Waals surface area contributed by atoms with Crippen LogP contribution in [0.3, 0.4) is 0 Å². The van der Waals surface area contributed by atoms with Crippen LogP contribution in [-0.4, -0.2) is 44.1 Å². The van der Waals surface area contributed by atoms with E-state index in [1.807, 2.05) is 0 Å². The number of nitrogens with one attached hydrogen (secondary N) is 1. The molecule has 0 spiro atoms. The van der Waals surface area contributed by atoms with Crippen molar-refractivity contribution in [2.24, 2.45) is 7.05 Å². The highest BCUT2D eigenvalue weighted by atomic mass is 79.9. The maximum Gasteiger partial charge on any atom is 0.339 e. The number of phenolic OH excluding ortho intramolecular Hbond substituents is 1. The normalized spacial score (nSPS) is 10.7. The number of amides is 1. The Labute approximate surface area is 196 Å². The molecule has 0 radical (unpaired) electrons. The van der Waals surface area contributed by atoms with Gasteiger partial charge >= 0.3 is 5.97 Å². The largest absolute Gasteiger partial charge is 0.507 e. The summed E-state index contributed by atoms with van der Waals surface area (Å²) in [5.74, 6) is -0.239. The molecule has 0 fully saturated rings. The quantitative estimate of drug-likeness (QED) is 0.345. The molecule has 2 N–H and O–H groups in total. The number of aromatic hydroxyl groups is 1. The number of benzene rings is 2. The Kier molecular flexibility index (Phi) is 7.58. The molecule has 162 valence electrons. The van der Waals surface area contributed by atoms with Crippen LogP contribution in [0.5, 0.6) is 5.75 Å². The van der Waals surface area contributed by atoms with Crippen LogP contribution in [0, 0.1) is 0 Å². The highest BCUT2D eigenvalue weighted by molar-refractivity contribution is 9.10. The van der Waals surface area contributed by atoms with Crippen molar-refractivity contribution in [2.45, 2.75) is 12.1 Å². The van der Waals surface area contributed by atoms with Crippen LogP contribution in [0.25, 0.3) is 11.4 Å². The van der Waals surface area contributed by atoms with E-state index in [9.17, 15) is 14.7 Å². The molecule has 31 heavy (non-hydrogen) atoms. The second-order valence-corrected chi connectivity index (χ2v) is 8.54. The topological polar surface area (TPSA) is 106 Å². The summed E-state index contributed by atoms with van der Waals surface area (Å²) in [5, 5.41) is 21.8. The minimum Gasteiger partial charge on any atom is -0.507 e. The Bertz CT molecular complexity index is 1140. The smallest absolute Gasteiger partial charge is 0.339 e. The zero-order valence-electron chi connectivity index (χ0n) is 16.6. The van der Waals surface area contributed by atoms with Crippen molar-refractivity contribution in [3.05, 3.63) is 51.5 Å². The zero-order valence-corrected chi connectivity index (χ0v) is 19.7. The Morgan fingerprint density at radius 1 is 1.26 bits per heavy atom. The molecular formula is C20H18BrClN4O4S. The van der Waals surface area contributed by atoms with Gasteiger partial charge in [0.05, 0.1) is 28.5 Å². The maximum absolute atomic E-state index is 12.4. The van der Waals surface area contributed by atoms with Crippen molar-refractivity contribution < 1.29 is 19.4 Å². The number of nitrogens with zero attached hydrogens (tertiary/aromatic N) is 3. The predicted octanol–water partition coefficient (Wildman–Crippen LogP) is 4.51. The van der Waals surface area contributed by atoms with Gasteiger partial charge in [0, 0.05) is 17.2 Å². The van der Waals surface area contributed by atoms with E-state index >= 15 is 0 Å². The molecule has 3 rings (SSSR count). The van der Waals surface area contributed by atoms with Gasteiger partial charge in [-0.1, -0.05) is 39.3 Å². The molecule has 2 aromatic carbocycles. The highest BCUT2D eigenvalue weighted by Gasteiger charge is 2.17. The number of hydrogen-bond donors (Lipinski definition) is 2. The van der Waals surface area contributed by atoms with Crippen molar-refractivity contribution in [3.8, 4) is 17.1 Å². The summed E-state index contributed by atoms with van der Waals surface area (Å²) in [7, 11) is 1.75. The first-order valence-electron chi connectivity index (χ1n) is 9.07. The van der Waals surface area contributed by atoms with Gasteiger partial charge < -0.3 is 19.7 Å². The van der Waals surface area contributed by atoms with E-state index < -0.39 is 5.97 Å². The molecule has 8 nitrogen and oxygen atoms in total. The predicted molar refractivity (Wildman–Crippen MR) is 123 cm³/mol. The molecule has 0 unspecified atom stereocenters. The summed E-state index contributed by atoms with van der Waals surface area (Å²) in [5.41, 5.74) is 1.13. The first-order valence-corrected chi connectivity index (χ1v) is 11.2. The molecule has 11 heteroatoms. The molecule has 1 amide bonds. The summed E-state index contributed by atoms with van der Waals surface area (Å²) in [6, 6.07) is 9.62. The van der Waals surface area contributed by atoms with Crippen LogP contribution in [0.4, 0.5) is 5.69 Å². The van der Waals surface area contributed by atoms with Crippen LogP contribution in [0.2, 0.25) is 5.02 Å². The number of carbonyl (C=O) groups is 2. The molecule has 0 saturated heterocycles. The number of ether oxygens (including phenoxy) is 1. The number of phenols is 1. The van der Waals surface area contributed by atoms with Gasteiger partial charge in [0.1, 0.15) is 5.75 Å². The third kappa shape index (κ3) is 5.57. The van der Waals surface area contributed by atoms with E-state index in [1.54, 1.807) is 42.8 Å². The standard InChI is InChI=1S/C20H18BrClN4O4S/c1-3-30-19(29)13-9-12(5-6-15(13)22)23-17(28)10-31-20-25-24-18(26(20)2)14-8-11(21)4-7-16(14)27/h4-9,27H,3,10H2,1-2H3,(H,23,28). The number of anilines is 1. The highest BCUT2D eigenvalue weighted by Crippen LogP contribution is 2.32. The van der Waals surface area contributed by atoms with E-state index in [1.165, 1.54) is 23.9 Å².